The molecule has 4 nitrogen and oxygen atoms in total. The summed E-state index contributed by atoms with van der Waals surface area (Å²) in [5, 5.41) is 2.84. The van der Waals surface area contributed by atoms with E-state index < -0.39 is 0 Å². The molecule has 24 heavy (non-hydrogen) atoms. The van der Waals surface area contributed by atoms with Crippen molar-refractivity contribution in [3.05, 3.63) is 64.1 Å². The van der Waals surface area contributed by atoms with Crippen molar-refractivity contribution in [2.45, 2.75) is 19.8 Å². The molecule has 2 aromatic rings. The van der Waals surface area contributed by atoms with Crippen molar-refractivity contribution in [1.82, 2.24) is 4.90 Å². The van der Waals surface area contributed by atoms with E-state index in [0.29, 0.717) is 16.8 Å². The fourth-order valence-corrected chi connectivity index (χ4v) is 2.62. The number of amides is 2. The lowest BCUT2D eigenvalue weighted by molar-refractivity contribution is 0.0792. The van der Waals surface area contributed by atoms with Gasteiger partial charge in [0.25, 0.3) is 11.8 Å². The summed E-state index contributed by atoms with van der Waals surface area (Å²) >= 11 is 3.40. The Kier molecular flexibility index (Phi) is 6.55. The molecule has 2 rings (SSSR count). The Labute approximate surface area is 151 Å². The first-order valence-corrected chi connectivity index (χ1v) is 8.73. The number of hydrogen-bond acceptors (Lipinski definition) is 2. The number of anilines is 1. The minimum Gasteiger partial charge on any atom is -0.342 e. The second kappa shape index (κ2) is 8.64. The Morgan fingerprint density at radius 1 is 1.04 bits per heavy atom. The highest BCUT2D eigenvalue weighted by molar-refractivity contribution is 9.10. The van der Waals surface area contributed by atoms with Gasteiger partial charge in [-0.15, -0.1) is 0 Å². The van der Waals surface area contributed by atoms with E-state index in [1.807, 2.05) is 24.3 Å². The van der Waals surface area contributed by atoms with Crippen molar-refractivity contribution in [2.75, 3.05) is 18.9 Å². The molecular weight excluding hydrogens is 368 g/mol. The molecule has 0 aromatic heterocycles. The zero-order valence-corrected chi connectivity index (χ0v) is 15.5. The standard InChI is InChI=1S/C19H21BrN2O2/c1-3-4-13-22(2)19(24)15-11-9-14(10-12-15)18(23)21-17-8-6-5-7-16(17)20/h5-12H,3-4,13H2,1-2H3,(H,21,23). The molecule has 0 radical (unpaired) electrons. The number of hydrogen-bond donors (Lipinski definition) is 1. The highest BCUT2D eigenvalue weighted by atomic mass is 79.9. The zero-order chi connectivity index (χ0) is 17.5. The fourth-order valence-electron chi connectivity index (χ4n) is 2.24. The molecule has 0 spiro atoms. The van der Waals surface area contributed by atoms with Crippen molar-refractivity contribution >= 4 is 33.4 Å². The maximum absolute atomic E-state index is 12.3. The smallest absolute Gasteiger partial charge is 0.255 e. The van der Waals surface area contributed by atoms with Crippen molar-refractivity contribution < 1.29 is 9.59 Å². The van der Waals surface area contributed by atoms with Crippen LogP contribution in [0.3, 0.4) is 0 Å². The maximum Gasteiger partial charge on any atom is 0.255 e. The van der Waals surface area contributed by atoms with Gasteiger partial charge in [0.2, 0.25) is 0 Å². The highest BCUT2D eigenvalue weighted by Gasteiger charge is 2.13. The fraction of sp³-hybridized carbons (Fsp3) is 0.263. The van der Waals surface area contributed by atoms with Gasteiger partial charge >= 0.3 is 0 Å². The average Bonchev–Trinajstić information content (AvgIpc) is 2.61. The van der Waals surface area contributed by atoms with Gasteiger partial charge in [0.1, 0.15) is 0 Å². The summed E-state index contributed by atoms with van der Waals surface area (Å²) in [6, 6.07) is 14.2. The predicted molar refractivity (Wildman–Crippen MR) is 100 cm³/mol. The van der Waals surface area contributed by atoms with Crippen LogP contribution in [0.1, 0.15) is 40.5 Å². The lowest BCUT2D eigenvalue weighted by Gasteiger charge is -2.16. The van der Waals surface area contributed by atoms with Crippen LogP contribution in [0.5, 0.6) is 0 Å². The molecule has 2 amide bonds. The molecule has 0 saturated carbocycles. The van der Waals surface area contributed by atoms with Crippen molar-refractivity contribution in [1.29, 1.82) is 0 Å². The Morgan fingerprint density at radius 3 is 2.29 bits per heavy atom. The molecule has 5 heteroatoms. The Hall–Kier alpha value is -2.14. The molecule has 0 fully saturated rings. The van der Waals surface area contributed by atoms with Gasteiger partial charge in [0, 0.05) is 29.2 Å². The summed E-state index contributed by atoms with van der Waals surface area (Å²) in [6.45, 7) is 2.83. The number of para-hydroxylation sites is 1. The second-order valence-corrected chi connectivity index (χ2v) is 6.45. The van der Waals surface area contributed by atoms with Crippen LogP contribution in [-0.2, 0) is 0 Å². The quantitative estimate of drug-likeness (QED) is 0.787. The minimum atomic E-state index is -0.208. The van der Waals surface area contributed by atoms with E-state index in [1.54, 1.807) is 36.2 Å². The van der Waals surface area contributed by atoms with Crippen LogP contribution < -0.4 is 5.32 Å². The number of halogens is 1. The van der Waals surface area contributed by atoms with Gasteiger partial charge in [0.05, 0.1) is 5.69 Å². The van der Waals surface area contributed by atoms with Gasteiger partial charge in [-0.1, -0.05) is 25.5 Å². The van der Waals surface area contributed by atoms with Gasteiger partial charge < -0.3 is 10.2 Å². The molecule has 0 heterocycles. The highest BCUT2D eigenvalue weighted by Crippen LogP contribution is 2.22. The summed E-state index contributed by atoms with van der Waals surface area (Å²) in [6.07, 6.45) is 2.03. The summed E-state index contributed by atoms with van der Waals surface area (Å²) in [5.74, 6) is -0.235. The topological polar surface area (TPSA) is 49.4 Å². The number of rotatable bonds is 6. The van der Waals surface area contributed by atoms with Gasteiger partial charge in [-0.2, -0.15) is 0 Å². The largest absolute Gasteiger partial charge is 0.342 e. The third-order valence-corrected chi connectivity index (χ3v) is 4.40. The number of nitrogens with one attached hydrogen (secondary N) is 1. The van der Waals surface area contributed by atoms with Crippen LogP contribution in [0.4, 0.5) is 5.69 Å². The molecule has 0 bridgehead atoms. The second-order valence-electron chi connectivity index (χ2n) is 5.59. The van der Waals surface area contributed by atoms with E-state index in [1.165, 1.54) is 0 Å². The van der Waals surface area contributed by atoms with Crippen LogP contribution in [0.25, 0.3) is 0 Å². The molecule has 0 atom stereocenters. The molecule has 0 aliphatic heterocycles. The van der Waals surface area contributed by atoms with E-state index >= 15 is 0 Å². The molecular formula is C19H21BrN2O2. The number of carbonyl (C=O) groups is 2. The van der Waals surface area contributed by atoms with E-state index in [2.05, 4.69) is 28.2 Å². The van der Waals surface area contributed by atoms with E-state index in [-0.39, 0.29) is 11.8 Å². The van der Waals surface area contributed by atoms with Crippen LogP contribution in [-0.4, -0.2) is 30.3 Å². The molecule has 0 saturated heterocycles. The van der Waals surface area contributed by atoms with Crippen LogP contribution in [0, 0.1) is 0 Å². The van der Waals surface area contributed by atoms with Crippen molar-refractivity contribution in [2.24, 2.45) is 0 Å². The molecule has 126 valence electrons. The van der Waals surface area contributed by atoms with Gasteiger partial charge in [-0.25, -0.2) is 0 Å². The van der Waals surface area contributed by atoms with Crippen molar-refractivity contribution in [3.8, 4) is 0 Å². The Balaban J connectivity index is 2.05. The lowest BCUT2D eigenvalue weighted by Crippen LogP contribution is -2.27. The first-order valence-electron chi connectivity index (χ1n) is 7.94. The minimum absolute atomic E-state index is 0.0267. The van der Waals surface area contributed by atoms with E-state index in [9.17, 15) is 9.59 Å². The number of carbonyl (C=O) groups excluding carboxylic acids is 2. The number of benzene rings is 2. The van der Waals surface area contributed by atoms with Gasteiger partial charge in [-0.3, -0.25) is 9.59 Å². The summed E-state index contributed by atoms with van der Waals surface area (Å²) < 4.78 is 0.822. The molecule has 0 unspecified atom stereocenters. The zero-order valence-electron chi connectivity index (χ0n) is 13.9. The number of unbranched alkanes of at least 4 members (excludes halogenated alkanes) is 1. The third kappa shape index (κ3) is 4.68. The van der Waals surface area contributed by atoms with Gasteiger partial charge in [-0.05, 0) is 58.7 Å². The number of nitrogens with zero attached hydrogens (tertiary/aromatic N) is 1. The van der Waals surface area contributed by atoms with E-state index in [4.69, 9.17) is 0 Å². The molecule has 1 N–H and O–H groups in total. The first-order chi connectivity index (χ1) is 11.5. The predicted octanol–water partition coefficient (Wildman–Crippen LogP) is 4.57. The molecule has 0 aliphatic rings. The van der Waals surface area contributed by atoms with Crippen LogP contribution >= 0.6 is 15.9 Å². The monoisotopic (exact) mass is 388 g/mol. The maximum atomic E-state index is 12.3. The van der Waals surface area contributed by atoms with Gasteiger partial charge in [0.15, 0.2) is 0 Å². The molecule has 0 aliphatic carbocycles. The van der Waals surface area contributed by atoms with Crippen LogP contribution in [0.15, 0.2) is 53.0 Å². The summed E-state index contributed by atoms with van der Waals surface area (Å²) in [5.41, 5.74) is 1.81. The van der Waals surface area contributed by atoms with Crippen molar-refractivity contribution in [3.63, 3.8) is 0 Å². The average molecular weight is 389 g/mol. The Bertz CT molecular complexity index is 714. The normalized spacial score (nSPS) is 10.3. The summed E-state index contributed by atoms with van der Waals surface area (Å²) in [4.78, 5) is 26.3. The first kappa shape index (κ1) is 18.2. The van der Waals surface area contributed by atoms with Crippen LogP contribution in [0.2, 0.25) is 0 Å². The molecule has 2 aromatic carbocycles. The Morgan fingerprint density at radius 2 is 1.67 bits per heavy atom. The third-order valence-electron chi connectivity index (χ3n) is 3.71. The lowest BCUT2D eigenvalue weighted by atomic mass is 10.1. The van der Waals surface area contributed by atoms with E-state index in [0.717, 1.165) is 23.9 Å². The summed E-state index contributed by atoms with van der Waals surface area (Å²) in [7, 11) is 1.80. The SMILES string of the molecule is CCCCN(C)C(=O)c1ccc(C(=O)Nc2ccccc2Br)cc1.